The minimum Gasteiger partial charge on any atom is -0.394 e. The van der Waals surface area contributed by atoms with Crippen LogP contribution in [0.3, 0.4) is 0 Å². The zero-order valence-electron chi connectivity index (χ0n) is 12.7. The number of aromatic amines is 1. The minimum absolute atomic E-state index is 0.115. The molecule has 0 bridgehead atoms. The standard InChI is InChI=1S/C17H16N2O5/c20-10-14-13(21)8-15(24-14)19-9-12(16(22)18-17(19)23)7-6-11-4-2-1-3-5-11/h1-5,9,13-15,20-21H,8,10H2,(H,18,22,23)/t13-,14+,15+/m0/s1. The summed E-state index contributed by atoms with van der Waals surface area (Å²) in [6.07, 6.45) is -0.944. The lowest BCUT2D eigenvalue weighted by Crippen LogP contribution is -2.33. The van der Waals surface area contributed by atoms with Crippen molar-refractivity contribution in [2.75, 3.05) is 6.61 Å². The average Bonchev–Trinajstić information content (AvgIpc) is 2.95. The lowest BCUT2D eigenvalue weighted by Gasteiger charge is -2.14. The fourth-order valence-electron chi connectivity index (χ4n) is 2.50. The number of nitrogens with one attached hydrogen (secondary N) is 1. The van der Waals surface area contributed by atoms with E-state index < -0.39 is 29.7 Å². The minimum atomic E-state index is -0.877. The van der Waals surface area contributed by atoms with Gasteiger partial charge in [-0.2, -0.15) is 0 Å². The van der Waals surface area contributed by atoms with Gasteiger partial charge in [0, 0.05) is 18.2 Å². The molecule has 3 atom stereocenters. The molecule has 24 heavy (non-hydrogen) atoms. The number of hydrogen-bond donors (Lipinski definition) is 3. The van der Waals surface area contributed by atoms with E-state index in [1.54, 1.807) is 12.1 Å². The van der Waals surface area contributed by atoms with Crippen LogP contribution in [0.5, 0.6) is 0 Å². The van der Waals surface area contributed by atoms with E-state index >= 15 is 0 Å². The van der Waals surface area contributed by atoms with Crippen LogP contribution in [0.1, 0.15) is 23.8 Å². The van der Waals surface area contributed by atoms with Crippen LogP contribution >= 0.6 is 0 Å². The van der Waals surface area contributed by atoms with E-state index in [-0.39, 0.29) is 18.6 Å². The van der Waals surface area contributed by atoms with Crippen molar-refractivity contribution in [1.29, 1.82) is 0 Å². The van der Waals surface area contributed by atoms with Gasteiger partial charge in [-0.1, -0.05) is 30.0 Å². The topological polar surface area (TPSA) is 105 Å². The summed E-state index contributed by atoms with van der Waals surface area (Å²) in [5.41, 5.74) is -0.385. The first-order valence-corrected chi connectivity index (χ1v) is 7.45. The van der Waals surface area contributed by atoms with Crippen molar-refractivity contribution < 1.29 is 14.9 Å². The highest BCUT2D eigenvalue weighted by Gasteiger charge is 2.35. The Kier molecular flexibility index (Phi) is 4.62. The summed E-state index contributed by atoms with van der Waals surface area (Å²) in [6.45, 7) is -0.351. The number of hydrogen-bond acceptors (Lipinski definition) is 5. The maximum absolute atomic E-state index is 12.0. The van der Waals surface area contributed by atoms with Crippen LogP contribution in [0, 0.1) is 11.8 Å². The number of H-pyrrole nitrogens is 1. The van der Waals surface area contributed by atoms with Gasteiger partial charge in [-0.15, -0.1) is 0 Å². The van der Waals surface area contributed by atoms with Crippen LogP contribution in [0.15, 0.2) is 46.1 Å². The van der Waals surface area contributed by atoms with Gasteiger partial charge in [-0.3, -0.25) is 14.3 Å². The highest BCUT2D eigenvalue weighted by Crippen LogP contribution is 2.27. The van der Waals surface area contributed by atoms with Crippen LogP contribution in [0.2, 0.25) is 0 Å². The predicted octanol–water partition coefficient (Wildman–Crippen LogP) is -0.423. The second-order valence-electron chi connectivity index (χ2n) is 5.44. The number of rotatable bonds is 2. The quantitative estimate of drug-likeness (QED) is 0.649. The van der Waals surface area contributed by atoms with Gasteiger partial charge in [0.2, 0.25) is 0 Å². The first-order chi connectivity index (χ1) is 11.6. The Morgan fingerprint density at radius 2 is 2.00 bits per heavy atom. The summed E-state index contributed by atoms with van der Waals surface area (Å²) in [6, 6.07) is 9.13. The Labute approximate surface area is 137 Å². The zero-order chi connectivity index (χ0) is 17.1. The Balaban J connectivity index is 1.94. The molecule has 3 rings (SSSR count). The molecule has 1 saturated heterocycles. The zero-order valence-corrected chi connectivity index (χ0v) is 12.7. The SMILES string of the molecule is O=c1[nH]c(=O)n([C@H]2C[C@H](O)[C@@H](CO)O2)cc1C#Cc1ccccc1. The molecule has 7 nitrogen and oxygen atoms in total. The third kappa shape index (κ3) is 3.31. The smallest absolute Gasteiger partial charge is 0.330 e. The van der Waals surface area contributed by atoms with E-state index in [0.717, 1.165) is 5.56 Å². The maximum atomic E-state index is 12.0. The molecule has 1 fully saturated rings. The molecule has 124 valence electrons. The molecule has 0 saturated carbocycles. The van der Waals surface area contributed by atoms with Crippen molar-refractivity contribution in [3.63, 3.8) is 0 Å². The van der Waals surface area contributed by atoms with Gasteiger partial charge in [-0.25, -0.2) is 4.79 Å². The lowest BCUT2D eigenvalue weighted by molar-refractivity contribution is -0.0459. The fraction of sp³-hybridized carbons (Fsp3) is 0.294. The molecule has 1 aliphatic heterocycles. The third-order valence-corrected chi connectivity index (χ3v) is 3.78. The Bertz CT molecular complexity index is 891. The van der Waals surface area contributed by atoms with Crippen molar-refractivity contribution in [2.24, 2.45) is 0 Å². The molecule has 1 aromatic carbocycles. The molecule has 0 radical (unpaired) electrons. The number of ether oxygens (including phenoxy) is 1. The van der Waals surface area contributed by atoms with Crippen LogP contribution in [-0.4, -0.2) is 38.6 Å². The van der Waals surface area contributed by atoms with E-state index in [0.29, 0.717) is 0 Å². The molecule has 7 heteroatoms. The maximum Gasteiger partial charge on any atom is 0.330 e. The fourth-order valence-corrected chi connectivity index (χ4v) is 2.50. The van der Waals surface area contributed by atoms with Crippen molar-refractivity contribution >= 4 is 0 Å². The van der Waals surface area contributed by atoms with E-state index in [9.17, 15) is 14.7 Å². The predicted molar refractivity (Wildman–Crippen MR) is 85.4 cm³/mol. The van der Waals surface area contributed by atoms with Crippen LogP contribution in [0.4, 0.5) is 0 Å². The second kappa shape index (κ2) is 6.84. The molecule has 0 spiro atoms. The number of aliphatic hydroxyl groups excluding tert-OH is 2. The highest BCUT2D eigenvalue weighted by atomic mass is 16.5. The third-order valence-electron chi connectivity index (χ3n) is 3.78. The first kappa shape index (κ1) is 16.2. The number of nitrogens with zero attached hydrogens (tertiary/aromatic N) is 1. The molecular formula is C17H16N2O5. The van der Waals surface area contributed by atoms with Gasteiger partial charge in [0.15, 0.2) is 0 Å². The molecule has 2 aromatic rings. The summed E-state index contributed by atoms with van der Waals surface area (Å²) in [5.74, 6) is 5.59. The summed E-state index contributed by atoms with van der Waals surface area (Å²) >= 11 is 0. The van der Waals surface area contributed by atoms with Gasteiger partial charge >= 0.3 is 5.69 Å². The Morgan fingerprint density at radius 1 is 1.25 bits per heavy atom. The molecular weight excluding hydrogens is 312 g/mol. The molecule has 2 heterocycles. The van der Waals surface area contributed by atoms with Crippen molar-refractivity contribution in [1.82, 2.24) is 9.55 Å². The number of aliphatic hydroxyl groups is 2. The van der Waals surface area contributed by atoms with Crippen molar-refractivity contribution in [3.8, 4) is 11.8 Å². The van der Waals surface area contributed by atoms with Gasteiger partial charge in [0.05, 0.1) is 12.7 Å². The highest BCUT2D eigenvalue weighted by molar-refractivity contribution is 5.40. The summed E-state index contributed by atoms with van der Waals surface area (Å²) < 4.78 is 6.62. The lowest BCUT2D eigenvalue weighted by atomic mass is 10.2. The van der Waals surface area contributed by atoms with E-state index in [4.69, 9.17) is 9.84 Å². The van der Waals surface area contributed by atoms with E-state index in [2.05, 4.69) is 16.8 Å². The number of aromatic nitrogens is 2. The normalized spacial score (nSPS) is 22.8. The van der Waals surface area contributed by atoms with Gasteiger partial charge in [0.25, 0.3) is 5.56 Å². The van der Waals surface area contributed by atoms with Crippen LogP contribution in [0.25, 0.3) is 0 Å². The van der Waals surface area contributed by atoms with E-state index in [1.165, 1.54) is 10.8 Å². The molecule has 1 aliphatic rings. The first-order valence-electron chi connectivity index (χ1n) is 7.45. The second-order valence-corrected chi connectivity index (χ2v) is 5.44. The van der Waals surface area contributed by atoms with Gasteiger partial charge in [-0.05, 0) is 12.1 Å². The Hall–Kier alpha value is -2.66. The summed E-state index contributed by atoms with van der Waals surface area (Å²) in [4.78, 5) is 26.1. The average molecular weight is 328 g/mol. The largest absolute Gasteiger partial charge is 0.394 e. The summed E-state index contributed by atoms with van der Waals surface area (Å²) in [5, 5.41) is 18.9. The summed E-state index contributed by atoms with van der Waals surface area (Å²) in [7, 11) is 0. The van der Waals surface area contributed by atoms with Crippen molar-refractivity contribution in [3.05, 3.63) is 68.5 Å². The number of benzene rings is 1. The molecule has 1 aromatic heterocycles. The van der Waals surface area contributed by atoms with E-state index in [1.807, 2.05) is 18.2 Å². The van der Waals surface area contributed by atoms with Gasteiger partial charge in [0.1, 0.15) is 17.9 Å². The monoisotopic (exact) mass is 328 g/mol. The molecule has 0 aliphatic carbocycles. The van der Waals surface area contributed by atoms with Crippen molar-refractivity contribution in [2.45, 2.75) is 24.9 Å². The molecule has 0 unspecified atom stereocenters. The molecule has 3 N–H and O–H groups in total. The Morgan fingerprint density at radius 3 is 2.67 bits per heavy atom. The van der Waals surface area contributed by atoms with Crippen LogP contribution < -0.4 is 11.2 Å². The van der Waals surface area contributed by atoms with Crippen LogP contribution in [-0.2, 0) is 4.74 Å². The molecule has 0 amide bonds. The van der Waals surface area contributed by atoms with Gasteiger partial charge < -0.3 is 14.9 Å².